The number of benzene rings is 10. The van der Waals surface area contributed by atoms with Crippen LogP contribution in [0.25, 0.3) is 66.4 Å². The van der Waals surface area contributed by atoms with Crippen LogP contribution in [0.5, 0.6) is 0 Å². The summed E-state index contributed by atoms with van der Waals surface area (Å²) in [5.41, 5.74) is 23.7. The van der Waals surface area contributed by atoms with Crippen molar-refractivity contribution in [2.45, 2.75) is 24.7 Å². The van der Waals surface area contributed by atoms with E-state index in [1.165, 1.54) is 99.8 Å². The van der Waals surface area contributed by atoms with Gasteiger partial charge in [-0.1, -0.05) is 196 Å². The molecule has 0 heterocycles. The number of hydrogen-bond donors (Lipinski definition) is 0. The second-order valence-electron chi connectivity index (χ2n) is 18.0. The fourth-order valence-corrected chi connectivity index (χ4v) is 11.8. The van der Waals surface area contributed by atoms with Gasteiger partial charge in [-0.25, -0.2) is 0 Å². The zero-order chi connectivity index (χ0) is 41.9. The molecular weight excluding hydrogens is 759 g/mol. The van der Waals surface area contributed by atoms with Crippen LogP contribution in [0.4, 0.5) is 17.1 Å². The monoisotopic (exact) mass is 801 g/mol. The average Bonchev–Trinajstić information content (AvgIpc) is 3.90. The van der Waals surface area contributed by atoms with Crippen LogP contribution in [-0.2, 0) is 10.8 Å². The molecule has 296 valence electrons. The van der Waals surface area contributed by atoms with Crippen molar-refractivity contribution >= 4 is 27.8 Å². The highest BCUT2D eigenvalue weighted by Crippen LogP contribution is 2.63. The van der Waals surface area contributed by atoms with E-state index in [2.05, 4.69) is 243 Å². The molecule has 3 aliphatic rings. The van der Waals surface area contributed by atoms with Crippen molar-refractivity contribution in [2.75, 3.05) is 4.90 Å². The third-order valence-corrected chi connectivity index (χ3v) is 14.5. The lowest BCUT2D eigenvalue weighted by molar-refractivity contribution is 0.666. The Kier molecular flexibility index (Phi) is 7.64. The molecule has 3 aliphatic carbocycles. The largest absolute Gasteiger partial charge is 0.310 e. The smallest absolute Gasteiger partial charge is 0.0726 e. The Morgan fingerprint density at radius 1 is 0.286 bits per heavy atom. The van der Waals surface area contributed by atoms with Crippen LogP contribution in [0.1, 0.15) is 47.2 Å². The predicted molar refractivity (Wildman–Crippen MR) is 263 cm³/mol. The van der Waals surface area contributed by atoms with Crippen molar-refractivity contribution in [2.24, 2.45) is 0 Å². The Hall–Kier alpha value is -7.74. The third kappa shape index (κ3) is 4.99. The van der Waals surface area contributed by atoms with Gasteiger partial charge in [0.25, 0.3) is 0 Å². The molecule has 10 aromatic rings. The Bertz CT molecular complexity index is 3400. The summed E-state index contributed by atoms with van der Waals surface area (Å²) in [7, 11) is 0. The Morgan fingerprint density at radius 3 is 1.30 bits per heavy atom. The topological polar surface area (TPSA) is 3.24 Å². The summed E-state index contributed by atoms with van der Waals surface area (Å²) in [5, 5.41) is 2.62. The van der Waals surface area contributed by atoms with Crippen molar-refractivity contribution < 1.29 is 0 Å². The summed E-state index contributed by atoms with van der Waals surface area (Å²) in [5.74, 6) is 0. The maximum atomic E-state index is 2.51. The van der Waals surface area contributed by atoms with Gasteiger partial charge in [-0.2, -0.15) is 0 Å². The molecule has 1 nitrogen and oxygen atoms in total. The van der Waals surface area contributed by atoms with E-state index in [-0.39, 0.29) is 5.41 Å². The van der Waals surface area contributed by atoms with E-state index in [0.29, 0.717) is 0 Å². The molecular formula is C62H43N. The van der Waals surface area contributed by atoms with Gasteiger partial charge in [0.2, 0.25) is 0 Å². The normalized spacial score (nSPS) is 14.1. The van der Waals surface area contributed by atoms with Crippen molar-refractivity contribution in [3.63, 3.8) is 0 Å². The molecule has 0 saturated heterocycles. The van der Waals surface area contributed by atoms with Crippen LogP contribution in [0.15, 0.2) is 224 Å². The van der Waals surface area contributed by atoms with E-state index in [1.807, 2.05) is 0 Å². The second kappa shape index (κ2) is 13.4. The lowest BCUT2D eigenvalue weighted by atomic mass is 9.70. The predicted octanol–water partition coefficient (Wildman–Crippen LogP) is 16.3. The fourth-order valence-electron chi connectivity index (χ4n) is 11.8. The Labute approximate surface area is 369 Å². The van der Waals surface area contributed by atoms with E-state index in [9.17, 15) is 0 Å². The zero-order valence-electron chi connectivity index (χ0n) is 35.3. The number of anilines is 3. The SMILES string of the molecule is CC1(C)c2cc(N(c3ccc(-c4ccccc4)cc3)c3ccc4c(c3)C3(c5ccccc5-c5ccccc53)c3ccccc3-4)ccc2-c2cc(-c3ccccc3)c3ccccc3c21. The van der Waals surface area contributed by atoms with E-state index >= 15 is 0 Å². The molecule has 0 aromatic heterocycles. The first-order valence-corrected chi connectivity index (χ1v) is 22.2. The molecule has 1 spiro atoms. The van der Waals surface area contributed by atoms with Gasteiger partial charge in [0, 0.05) is 22.5 Å². The molecule has 0 N–H and O–H groups in total. The molecule has 0 amide bonds. The summed E-state index contributed by atoms with van der Waals surface area (Å²) in [6, 6.07) is 83.9. The minimum Gasteiger partial charge on any atom is -0.310 e. The second-order valence-corrected chi connectivity index (χ2v) is 18.0. The highest BCUT2D eigenvalue weighted by Gasteiger charge is 2.51. The van der Waals surface area contributed by atoms with E-state index in [4.69, 9.17) is 0 Å². The van der Waals surface area contributed by atoms with Gasteiger partial charge in [0.1, 0.15) is 0 Å². The Morgan fingerprint density at radius 2 is 0.714 bits per heavy atom. The summed E-state index contributed by atoms with van der Waals surface area (Å²) < 4.78 is 0. The number of fused-ring (bicyclic) bond motifs is 15. The highest BCUT2D eigenvalue weighted by molar-refractivity contribution is 6.06. The molecule has 13 rings (SSSR count). The van der Waals surface area contributed by atoms with Gasteiger partial charge in [-0.3, -0.25) is 0 Å². The molecule has 0 unspecified atom stereocenters. The van der Waals surface area contributed by atoms with Crippen LogP contribution < -0.4 is 4.90 Å². The van der Waals surface area contributed by atoms with Crippen molar-refractivity contribution in [3.05, 3.63) is 258 Å². The molecule has 0 fully saturated rings. The maximum Gasteiger partial charge on any atom is 0.0726 e. The number of nitrogens with zero attached hydrogens (tertiary/aromatic N) is 1. The third-order valence-electron chi connectivity index (χ3n) is 14.5. The summed E-state index contributed by atoms with van der Waals surface area (Å²) >= 11 is 0. The van der Waals surface area contributed by atoms with E-state index in [1.54, 1.807) is 0 Å². The quantitative estimate of drug-likeness (QED) is 0.168. The molecule has 0 aliphatic heterocycles. The Balaban J connectivity index is 1.03. The van der Waals surface area contributed by atoms with Crippen molar-refractivity contribution in [3.8, 4) is 55.6 Å². The maximum absolute atomic E-state index is 2.51. The van der Waals surface area contributed by atoms with Gasteiger partial charge in [0.05, 0.1) is 5.41 Å². The zero-order valence-corrected chi connectivity index (χ0v) is 35.3. The van der Waals surface area contributed by atoms with Crippen LogP contribution in [0, 0.1) is 0 Å². The molecule has 63 heavy (non-hydrogen) atoms. The summed E-state index contributed by atoms with van der Waals surface area (Å²) in [6.45, 7) is 4.83. The van der Waals surface area contributed by atoms with Gasteiger partial charge in [-0.05, 0) is 142 Å². The minimum atomic E-state index is -0.433. The van der Waals surface area contributed by atoms with E-state index < -0.39 is 5.41 Å². The van der Waals surface area contributed by atoms with Gasteiger partial charge in [-0.15, -0.1) is 0 Å². The molecule has 0 bridgehead atoms. The molecule has 0 atom stereocenters. The number of rotatable bonds is 5. The van der Waals surface area contributed by atoms with Crippen molar-refractivity contribution in [1.82, 2.24) is 0 Å². The van der Waals surface area contributed by atoms with Crippen LogP contribution in [0.3, 0.4) is 0 Å². The van der Waals surface area contributed by atoms with Crippen LogP contribution in [-0.4, -0.2) is 0 Å². The minimum absolute atomic E-state index is 0.237. The lowest BCUT2D eigenvalue weighted by Crippen LogP contribution is -2.26. The van der Waals surface area contributed by atoms with Gasteiger partial charge in [0.15, 0.2) is 0 Å². The molecule has 1 heteroatoms. The van der Waals surface area contributed by atoms with E-state index in [0.717, 1.165) is 17.1 Å². The first kappa shape index (κ1) is 36.0. The standard InChI is InChI=1S/C62H43N/c1-61(2)58-37-44(34-36-51(58)54-39-53(42-19-7-4-8-20-42)46-21-9-10-25-52(46)60(54)61)63(43-31-29-41(30-32-43)40-17-5-3-6-18-40)45-33-35-50-49-24-13-16-28-57(49)62(59(50)38-45)55-26-14-11-22-47(55)48-23-12-15-27-56(48)62/h3-39H,1-2H3. The highest BCUT2D eigenvalue weighted by atomic mass is 15.1. The van der Waals surface area contributed by atoms with Gasteiger partial charge < -0.3 is 4.90 Å². The van der Waals surface area contributed by atoms with Crippen LogP contribution >= 0.6 is 0 Å². The fraction of sp³-hybridized carbons (Fsp3) is 0.0645. The molecule has 0 saturated carbocycles. The van der Waals surface area contributed by atoms with Gasteiger partial charge >= 0.3 is 0 Å². The van der Waals surface area contributed by atoms with Crippen LogP contribution in [0.2, 0.25) is 0 Å². The van der Waals surface area contributed by atoms with Crippen molar-refractivity contribution in [1.29, 1.82) is 0 Å². The molecule has 10 aromatic carbocycles. The summed E-state index contributed by atoms with van der Waals surface area (Å²) in [4.78, 5) is 2.49. The summed E-state index contributed by atoms with van der Waals surface area (Å²) in [6.07, 6.45) is 0. The first-order chi connectivity index (χ1) is 31.0. The average molecular weight is 802 g/mol. The molecule has 0 radical (unpaired) electrons. The number of hydrogen-bond acceptors (Lipinski definition) is 1. The lowest BCUT2D eigenvalue weighted by Gasteiger charge is -2.32. The first-order valence-electron chi connectivity index (χ1n) is 22.2.